The average Bonchev–Trinajstić information content (AvgIpc) is 3.57. The van der Waals surface area contributed by atoms with E-state index in [1.807, 2.05) is 18.2 Å². The van der Waals surface area contributed by atoms with E-state index in [1.54, 1.807) is 35.2 Å². The number of carbonyl (C=O) groups is 2. The van der Waals surface area contributed by atoms with Gasteiger partial charge in [-0.15, -0.1) is 0 Å². The number of ketones is 1. The van der Waals surface area contributed by atoms with Gasteiger partial charge in [0.25, 0.3) is 5.91 Å². The fraction of sp³-hybridized carbons (Fsp3) is 0.308. The zero-order chi connectivity index (χ0) is 23.1. The third-order valence-corrected chi connectivity index (χ3v) is 6.58. The highest BCUT2D eigenvalue weighted by Crippen LogP contribution is 2.48. The topological polar surface area (TPSA) is 89.2 Å². The largest absolute Gasteiger partial charge is 0.503 e. The predicted octanol–water partition coefficient (Wildman–Crippen LogP) is 4.97. The summed E-state index contributed by atoms with van der Waals surface area (Å²) in [4.78, 5) is 28.7. The average molecular weight is 447 g/mol. The summed E-state index contributed by atoms with van der Waals surface area (Å²) in [7, 11) is 3.05. The van der Waals surface area contributed by atoms with Gasteiger partial charge >= 0.3 is 0 Å². The number of nitrogens with zero attached hydrogens (tertiary/aromatic N) is 1. The Balaban J connectivity index is 1.67. The monoisotopic (exact) mass is 447 g/mol. The van der Waals surface area contributed by atoms with Crippen LogP contribution in [0.1, 0.15) is 47.8 Å². The number of ether oxygens (including phenoxy) is 2. The van der Waals surface area contributed by atoms with Gasteiger partial charge in [0.05, 0.1) is 25.8 Å². The smallest absolute Gasteiger partial charge is 0.290 e. The van der Waals surface area contributed by atoms with Crippen molar-refractivity contribution < 1.29 is 28.6 Å². The molecule has 7 nitrogen and oxygen atoms in total. The Morgan fingerprint density at radius 3 is 2.52 bits per heavy atom. The lowest BCUT2D eigenvalue weighted by molar-refractivity contribution is -0.131. The van der Waals surface area contributed by atoms with Crippen molar-refractivity contribution in [3.8, 4) is 11.5 Å². The van der Waals surface area contributed by atoms with Crippen LogP contribution in [0.4, 0.5) is 0 Å². The van der Waals surface area contributed by atoms with Gasteiger partial charge in [0.2, 0.25) is 5.78 Å². The quantitative estimate of drug-likeness (QED) is 0.537. The van der Waals surface area contributed by atoms with Crippen LogP contribution in [0, 0.1) is 0 Å². The van der Waals surface area contributed by atoms with Crippen molar-refractivity contribution in [2.24, 2.45) is 0 Å². The van der Waals surface area contributed by atoms with Crippen LogP contribution in [-0.2, 0) is 4.79 Å². The van der Waals surface area contributed by atoms with Gasteiger partial charge in [-0.25, -0.2) is 0 Å². The third-order valence-electron chi connectivity index (χ3n) is 6.58. The van der Waals surface area contributed by atoms with Gasteiger partial charge in [0, 0.05) is 17.0 Å². The summed E-state index contributed by atoms with van der Waals surface area (Å²) >= 11 is 0. The van der Waals surface area contributed by atoms with Gasteiger partial charge in [-0.3, -0.25) is 9.59 Å². The minimum Gasteiger partial charge on any atom is -0.503 e. The van der Waals surface area contributed by atoms with Crippen LogP contribution < -0.4 is 9.47 Å². The molecule has 5 rings (SSSR count). The zero-order valence-corrected chi connectivity index (χ0v) is 18.5. The summed E-state index contributed by atoms with van der Waals surface area (Å²) in [5, 5.41) is 11.7. The van der Waals surface area contributed by atoms with Crippen molar-refractivity contribution in [1.29, 1.82) is 0 Å². The molecule has 7 heteroatoms. The summed E-state index contributed by atoms with van der Waals surface area (Å²) in [6, 6.07) is 13.4. The minimum absolute atomic E-state index is 0.00231. The molecule has 1 N–H and O–H groups in total. The number of aliphatic hydroxyl groups excluding tert-OH is 1. The first-order valence-electron chi connectivity index (χ1n) is 11.0. The number of carbonyl (C=O) groups excluding carboxylic acids is 2. The van der Waals surface area contributed by atoms with Crippen LogP contribution in [0.3, 0.4) is 0 Å². The molecule has 2 aliphatic rings. The highest BCUT2D eigenvalue weighted by Gasteiger charge is 2.48. The lowest BCUT2D eigenvalue weighted by Gasteiger charge is -2.33. The van der Waals surface area contributed by atoms with Crippen LogP contribution in [0.5, 0.6) is 11.5 Å². The van der Waals surface area contributed by atoms with Crippen LogP contribution in [0.25, 0.3) is 11.0 Å². The van der Waals surface area contributed by atoms with E-state index in [9.17, 15) is 14.7 Å². The molecular weight excluding hydrogens is 422 g/mol. The van der Waals surface area contributed by atoms with Gasteiger partial charge in [-0.1, -0.05) is 43.2 Å². The van der Waals surface area contributed by atoms with Crippen molar-refractivity contribution in [2.45, 2.75) is 37.8 Å². The van der Waals surface area contributed by atoms with E-state index < -0.39 is 23.5 Å². The molecule has 0 radical (unpaired) electrons. The maximum atomic E-state index is 13.7. The number of amides is 1. The fourth-order valence-electron chi connectivity index (χ4n) is 5.07. The van der Waals surface area contributed by atoms with Crippen LogP contribution in [0.2, 0.25) is 0 Å². The van der Waals surface area contributed by atoms with Gasteiger partial charge in [0.1, 0.15) is 5.58 Å². The molecule has 1 amide bonds. The maximum Gasteiger partial charge on any atom is 0.290 e. The molecule has 2 aromatic carbocycles. The third kappa shape index (κ3) is 3.35. The van der Waals surface area contributed by atoms with Crippen molar-refractivity contribution >= 4 is 22.7 Å². The number of para-hydroxylation sites is 2. The van der Waals surface area contributed by atoms with Crippen LogP contribution in [0.15, 0.2) is 64.3 Å². The Labute approximate surface area is 191 Å². The molecule has 1 unspecified atom stereocenters. The summed E-state index contributed by atoms with van der Waals surface area (Å²) in [5.74, 6) is -0.627. The Morgan fingerprint density at radius 1 is 1.06 bits per heavy atom. The molecule has 3 aromatic rings. The van der Waals surface area contributed by atoms with E-state index in [4.69, 9.17) is 13.9 Å². The lowest BCUT2D eigenvalue weighted by atomic mass is 9.93. The Kier molecular flexibility index (Phi) is 5.32. The van der Waals surface area contributed by atoms with Crippen molar-refractivity contribution in [3.05, 3.63) is 71.2 Å². The molecule has 1 fully saturated rings. The molecule has 0 bridgehead atoms. The first kappa shape index (κ1) is 21.1. The van der Waals surface area contributed by atoms with Crippen LogP contribution in [-0.4, -0.2) is 42.0 Å². The molecule has 2 heterocycles. The van der Waals surface area contributed by atoms with Gasteiger partial charge in [-0.2, -0.15) is 0 Å². The number of benzene rings is 2. The minimum atomic E-state index is -0.814. The molecule has 1 aliphatic carbocycles. The molecule has 1 saturated carbocycles. The Hall–Kier alpha value is -3.74. The summed E-state index contributed by atoms with van der Waals surface area (Å²) in [6.45, 7) is 0. The van der Waals surface area contributed by atoms with E-state index in [0.717, 1.165) is 31.1 Å². The molecule has 1 atom stereocenters. The number of fused-ring (bicyclic) bond motifs is 1. The van der Waals surface area contributed by atoms with Gasteiger partial charge in [0.15, 0.2) is 23.0 Å². The normalized spacial score (nSPS) is 19.0. The second-order valence-electron chi connectivity index (χ2n) is 8.38. The molecule has 33 heavy (non-hydrogen) atoms. The first-order chi connectivity index (χ1) is 16.0. The second-order valence-corrected chi connectivity index (χ2v) is 8.38. The second kappa shape index (κ2) is 8.31. The first-order valence-corrected chi connectivity index (χ1v) is 11.0. The van der Waals surface area contributed by atoms with Crippen molar-refractivity contribution in [2.75, 3.05) is 14.2 Å². The summed E-state index contributed by atoms with van der Waals surface area (Å²) in [5.41, 5.74) is 1.14. The number of furan rings is 1. The molecule has 1 aliphatic heterocycles. The standard InChI is InChI=1S/C26H25NO6/c1-31-19-13-7-11-17(25(19)32-2)22-21(24(29)26(30)27(22)16-9-4-5-10-16)23(28)20-14-15-8-3-6-12-18(15)33-20/h3,6-8,11-14,16,22,29H,4-5,9-10H2,1-2H3. The number of aliphatic hydroxyl groups is 1. The Morgan fingerprint density at radius 2 is 1.82 bits per heavy atom. The molecule has 0 saturated heterocycles. The lowest BCUT2D eigenvalue weighted by Crippen LogP contribution is -2.38. The van der Waals surface area contributed by atoms with Gasteiger partial charge < -0.3 is 23.9 Å². The van der Waals surface area contributed by atoms with E-state index in [0.29, 0.717) is 22.6 Å². The van der Waals surface area contributed by atoms with E-state index in [2.05, 4.69) is 0 Å². The zero-order valence-electron chi connectivity index (χ0n) is 18.5. The number of hydrogen-bond donors (Lipinski definition) is 1. The molecular formula is C26H25NO6. The van der Waals surface area contributed by atoms with Crippen molar-refractivity contribution in [3.63, 3.8) is 0 Å². The highest BCUT2D eigenvalue weighted by molar-refractivity contribution is 6.16. The van der Waals surface area contributed by atoms with E-state index >= 15 is 0 Å². The fourth-order valence-corrected chi connectivity index (χ4v) is 5.07. The maximum absolute atomic E-state index is 13.7. The van der Waals surface area contributed by atoms with Gasteiger partial charge in [-0.05, 0) is 31.0 Å². The van der Waals surface area contributed by atoms with Crippen LogP contribution >= 0.6 is 0 Å². The molecule has 170 valence electrons. The summed E-state index contributed by atoms with van der Waals surface area (Å²) in [6.07, 6.45) is 3.61. The Bertz CT molecular complexity index is 1230. The van der Waals surface area contributed by atoms with Crippen molar-refractivity contribution in [1.82, 2.24) is 4.90 Å². The SMILES string of the molecule is COc1cccc(C2C(C(=O)c3cc4ccccc4o3)=C(O)C(=O)N2C2CCCC2)c1OC. The number of hydrogen-bond acceptors (Lipinski definition) is 6. The molecule has 1 aromatic heterocycles. The highest BCUT2D eigenvalue weighted by atomic mass is 16.5. The number of methoxy groups -OCH3 is 2. The molecule has 0 spiro atoms. The van der Waals surface area contributed by atoms with E-state index in [-0.39, 0.29) is 17.4 Å². The van der Waals surface area contributed by atoms with E-state index in [1.165, 1.54) is 14.2 Å². The number of rotatable bonds is 6. The number of Topliss-reactive ketones (excluding diaryl/α,β-unsaturated/α-hetero) is 1. The summed E-state index contributed by atoms with van der Waals surface area (Å²) < 4.78 is 16.9. The predicted molar refractivity (Wildman–Crippen MR) is 122 cm³/mol.